The van der Waals surface area contributed by atoms with Gasteiger partial charge in [0.05, 0.1) is 6.61 Å². The van der Waals surface area contributed by atoms with Crippen molar-refractivity contribution in [2.75, 3.05) is 13.2 Å². The molecular formula is C18H20N2O2. The summed E-state index contributed by atoms with van der Waals surface area (Å²) < 4.78 is 5.81. The molecule has 0 bridgehead atoms. The molecule has 4 heteroatoms. The minimum atomic E-state index is -0.0655. The Hall–Kier alpha value is -2.33. The Balaban J connectivity index is 1.99. The molecule has 0 saturated carbocycles. The van der Waals surface area contributed by atoms with Gasteiger partial charge in [-0.05, 0) is 40.5 Å². The van der Waals surface area contributed by atoms with Gasteiger partial charge in [0.25, 0.3) is 5.91 Å². The van der Waals surface area contributed by atoms with Crippen molar-refractivity contribution in [3.8, 4) is 5.75 Å². The SMILES string of the molecule is CC(C)COc1ccc2cccc(/C=C3\CNNC3=O)c2c1. The Labute approximate surface area is 130 Å². The number of carbonyl (C=O) groups is 1. The van der Waals surface area contributed by atoms with Crippen LogP contribution in [-0.4, -0.2) is 19.1 Å². The van der Waals surface area contributed by atoms with E-state index in [9.17, 15) is 4.79 Å². The number of carbonyl (C=O) groups excluding carboxylic acids is 1. The first-order chi connectivity index (χ1) is 10.6. The summed E-state index contributed by atoms with van der Waals surface area (Å²) in [5, 5.41) is 2.23. The maximum absolute atomic E-state index is 11.7. The third-order valence-electron chi connectivity index (χ3n) is 3.57. The molecule has 1 fully saturated rings. The predicted molar refractivity (Wildman–Crippen MR) is 88.4 cm³/mol. The summed E-state index contributed by atoms with van der Waals surface area (Å²) in [5.74, 6) is 1.28. The van der Waals surface area contributed by atoms with Crippen molar-refractivity contribution in [3.63, 3.8) is 0 Å². The van der Waals surface area contributed by atoms with Gasteiger partial charge in [-0.3, -0.25) is 10.2 Å². The van der Waals surface area contributed by atoms with Crippen molar-refractivity contribution in [3.05, 3.63) is 47.5 Å². The van der Waals surface area contributed by atoms with Crippen molar-refractivity contribution in [1.29, 1.82) is 0 Å². The quantitative estimate of drug-likeness (QED) is 0.853. The van der Waals surface area contributed by atoms with E-state index >= 15 is 0 Å². The average molecular weight is 296 g/mol. The van der Waals surface area contributed by atoms with Crippen LogP contribution in [0.25, 0.3) is 16.8 Å². The van der Waals surface area contributed by atoms with E-state index in [-0.39, 0.29) is 5.91 Å². The van der Waals surface area contributed by atoms with Gasteiger partial charge >= 0.3 is 0 Å². The van der Waals surface area contributed by atoms with Crippen LogP contribution in [0.3, 0.4) is 0 Å². The second kappa shape index (κ2) is 6.20. The molecule has 1 heterocycles. The smallest absolute Gasteiger partial charge is 0.262 e. The van der Waals surface area contributed by atoms with Gasteiger partial charge in [0.1, 0.15) is 5.75 Å². The molecular weight excluding hydrogens is 276 g/mol. The number of fused-ring (bicyclic) bond motifs is 1. The molecule has 0 atom stereocenters. The van der Waals surface area contributed by atoms with Crippen LogP contribution in [0.5, 0.6) is 5.75 Å². The molecule has 0 spiro atoms. The lowest BCUT2D eigenvalue weighted by atomic mass is 10.0. The van der Waals surface area contributed by atoms with E-state index in [0.29, 0.717) is 19.1 Å². The van der Waals surface area contributed by atoms with Gasteiger partial charge in [-0.2, -0.15) is 0 Å². The minimum Gasteiger partial charge on any atom is -0.493 e. The van der Waals surface area contributed by atoms with Gasteiger partial charge in [0.2, 0.25) is 0 Å². The van der Waals surface area contributed by atoms with Crippen molar-refractivity contribution in [2.24, 2.45) is 5.92 Å². The van der Waals surface area contributed by atoms with E-state index in [1.807, 2.05) is 30.3 Å². The molecule has 3 rings (SSSR count). The third kappa shape index (κ3) is 3.12. The highest BCUT2D eigenvalue weighted by Gasteiger charge is 2.15. The van der Waals surface area contributed by atoms with Crippen LogP contribution >= 0.6 is 0 Å². The summed E-state index contributed by atoms with van der Waals surface area (Å²) in [6.07, 6.45) is 1.93. The van der Waals surface area contributed by atoms with E-state index in [1.165, 1.54) is 0 Å². The first-order valence-electron chi connectivity index (χ1n) is 7.53. The number of nitrogens with one attached hydrogen (secondary N) is 2. The summed E-state index contributed by atoms with van der Waals surface area (Å²) in [7, 11) is 0. The Morgan fingerprint density at radius 2 is 2.14 bits per heavy atom. The fourth-order valence-corrected chi connectivity index (χ4v) is 2.44. The lowest BCUT2D eigenvalue weighted by molar-refractivity contribution is -0.116. The molecule has 1 aliphatic heterocycles. The van der Waals surface area contributed by atoms with Crippen molar-refractivity contribution in [2.45, 2.75) is 13.8 Å². The summed E-state index contributed by atoms with van der Waals surface area (Å²) in [6, 6.07) is 12.2. The second-order valence-electron chi connectivity index (χ2n) is 5.91. The van der Waals surface area contributed by atoms with Gasteiger partial charge in [-0.25, -0.2) is 5.43 Å². The fraction of sp³-hybridized carbons (Fsp3) is 0.278. The molecule has 2 aromatic rings. The first-order valence-corrected chi connectivity index (χ1v) is 7.53. The van der Waals surface area contributed by atoms with Crippen LogP contribution < -0.4 is 15.6 Å². The number of rotatable bonds is 4. The van der Waals surface area contributed by atoms with Crippen molar-refractivity contribution in [1.82, 2.24) is 10.9 Å². The molecule has 2 aromatic carbocycles. The molecule has 1 amide bonds. The summed E-state index contributed by atoms with van der Waals surface area (Å²) in [5.41, 5.74) is 7.21. The average Bonchev–Trinajstić information content (AvgIpc) is 2.91. The second-order valence-corrected chi connectivity index (χ2v) is 5.91. The maximum atomic E-state index is 11.7. The Morgan fingerprint density at radius 1 is 1.27 bits per heavy atom. The van der Waals surface area contributed by atoms with Gasteiger partial charge < -0.3 is 4.74 Å². The van der Waals surface area contributed by atoms with E-state index < -0.39 is 0 Å². The van der Waals surface area contributed by atoms with Crippen LogP contribution in [0.2, 0.25) is 0 Å². The Kier molecular flexibility index (Phi) is 4.11. The zero-order valence-electron chi connectivity index (χ0n) is 12.8. The van der Waals surface area contributed by atoms with Gasteiger partial charge in [-0.15, -0.1) is 0 Å². The standard InChI is InChI=1S/C18H20N2O2/c1-12(2)11-22-16-7-6-13-4-3-5-14(17(13)9-16)8-15-10-19-20-18(15)21/h3-9,12,19H,10-11H2,1-2H3,(H,20,21)/b15-8+. The predicted octanol–water partition coefficient (Wildman–Crippen LogP) is 2.89. The number of amides is 1. The number of ether oxygens (including phenoxy) is 1. The lowest BCUT2D eigenvalue weighted by Gasteiger charge is -2.10. The highest BCUT2D eigenvalue weighted by atomic mass is 16.5. The zero-order valence-corrected chi connectivity index (χ0v) is 12.8. The normalized spacial score (nSPS) is 16.5. The Bertz CT molecular complexity index is 735. The molecule has 0 aromatic heterocycles. The van der Waals surface area contributed by atoms with E-state index in [4.69, 9.17) is 4.74 Å². The molecule has 0 unspecified atom stereocenters. The van der Waals surface area contributed by atoms with Crippen molar-refractivity contribution >= 4 is 22.8 Å². The zero-order chi connectivity index (χ0) is 15.5. The van der Waals surface area contributed by atoms with Crippen LogP contribution in [0.4, 0.5) is 0 Å². The molecule has 0 radical (unpaired) electrons. The number of hydrogen-bond acceptors (Lipinski definition) is 3. The highest BCUT2D eigenvalue weighted by molar-refractivity contribution is 6.02. The topological polar surface area (TPSA) is 50.4 Å². The van der Waals surface area contributed by atoms with Crippen LogP contribution in [0.1, 0.15) is 19.4 Å². The molecule has 1 saturated heterocycles. The molecule has 22 heavy (non-hydrogen) atoms. The minimum absolute atomic E-state index is 0.0655. The summed E-state index contributed by atoms with van der Waals surface area (Å²) >= 11 is 0. The van der Waals surface area contributed by atoms with Crippen LogP contribution in [-0.2, 0) is 4.79 Å². The largest absolute Gasteiger partial charge is 0.493 e. The number of hydrogen-bond donors (Lipinski definition) is 2. The molecule has 2 N–H and O–H groups in total. The highest BCUT2D eigenvalue weighted by Crippen LogP contribution is 2.26. The third-order valence-corrected chi connectivity index (χ3v) is 3.57. The van der Waals surface area contributed by atoms with E-state index in [2.05, 4.69) is 36.8 Å². The molecule has 1 aliphatic rings. The van der Waals surface area contributed by atoms with E-state index in [1.54, 1.807) is 0 Å². The van der Waals surface area contributed by atoms with Gasteiger partial charge in [-0.1, -0.05) is 38.1 Å². The fourth-order valence-electron chi connectivity index (χ4n) is 2.44. The first kappa shape index (κ1) is 14.6. The van der Waals surface area contributed by atoms with E-state index in [0.717, 1.165) is 27.7 Å². The van der Waals surface area contributed by atoms with Gasteiger partial charge in [0.15, 0.2) is 0 Å². The maximum Gasteiger partial charge on any atom is 0.262 e. The van der Waals surface area contributed by atoms with Gasteiger partial charge in [0, 0.05) is 12.1 Å². The number of hydrazine groups is 1. The van der Waals surface area contributed by atoms with Crippen LogP contribution in [0.15, 0.2) is 42.0 Å². The monoisotopic (exact) mass is 296 g/mol. The summed E-state index contributed by atoms with van der Waals surface area (Å²) in [4.78, 5) is 11.7. The summed E-state index contributed by atoms with van der Waals surface area (Å²) in [6.45, 7) is 5.49. The van der Waals surface area contributed by atoms with Crippen LogP contribution in [0, 0.1) is 5.92 Å². The lowest BCUT2D eigenvalue weighted by Crippen LogP contribution is -2.25. The molecule has 4 nitrogen and oxygen atoms in total. The molecule has 114 valence electrons. The van der Waals surface area contributed by atoms with Crippen molar-refractivity contribution < 1.29 is 9.53 Å². The molecule has 0 aliphatic carbocycles. The number of benzene rings is 2. The Morgan fingerprint density at radius 3 is 2.86 bits per heavy atom.